The third-order valence-corrected chi connectivity index (χ3v) is 4.59. The summed E-state index contributed by atoms with van der Waals surface area (Å²) < 4.78 is 22.8. The van der Waals surface area contributed by atoms with E-state index in [1.807, 2.05) is 0 Å². The van der Waals surface area contributed by atoms with Crippen LogP contribution in [0, 0.1) is 0 Å². The molecule has 0 radical (unpaired) electrons. The normalized spacial score (nSPS) is 19.3. The molecule has 0 aliphatic carbocycles. The number of nitrogens with one attached hydrogen (secondary N) is 1. The summed E-state index contributed by atoms with van der Waals surface area (Å²) in [5, 5.41) is 12.9. The molecule has 2 N–H and O–H groups in total. The van der Waals surface area contributed by atoms with Gasteiger partial charge in [-0.1, -0.05) is 12.1 Å². The first-order valence-electron chi connectivity index (χ1n) is 6.38. The van der Waals surface area contributed by atoms with Crippen LogP contribution in [0.3, 0.4) is 0 Å². The average Bonchev–Trinajstić information content (AvgIpc) is 2.40. The number of aliphatic hydroxyl groups is 1. The second-order valence-electron chi connectivity index (χ2n) is 4.83. The highest BCUT2D eigenvalue weighted by Crippen LogP contribution is 2.22. The predicted octanol–water partition coefficient (Wildman–Crippen LogP) is 0.0287. The molecular formula is C13H20N2O3S. The summed E-state index contributed by atoms with van der Waals surface area (Å²) in [7, 11) is -3.16. The van der Waals surface area contributed by atoms with Gasteiger partial charge in [0, 0.05) is 32.4 Å². The summed E-state index contributed by atoms with van der Waals surface area (Å²) in [4.78, 5) is 2.53. The molecule has 0 aromatic heterocycles. The zero-order valence-corrected chi connectivity index (χ0v) is 11.9. The Bertz CT molecular complexity index is 507. The number of sulfone groups is 1. The van der Waals surface area contributed by atoms with Gasteiger partial charge < -0.3 is 10.4 Å². The summed E-state index contributed by atoms with van der Waals surface area (Å²) in [6, 6.07) is 6.74. The summed E-state index contributed by atoms with van der Waals surface area (Å²) >= 11 is 0. The summed E-state index contributed by atoms with van der Waals surface area (Å²) in [6.45, 7) is 3.65. The van der Waals surface area contributed by atoms with Crippen molar-refractivity contribution in [2.45, 2.75) is 10.9 Å². The number of hydrogen-bond donors (Lipinski definition) is 2. The van der Waals surface area contributed by atoms with Crippen molar-refractivity contribution in [1.29, 1.82) is 0 Å². The van der Waals surface area contributed by atoms with Crippen molar-refractivity contribution in [3.63, 3.8) is 0 Å². The Kier molecular flexibility index (Phi) is 4.57. The molecule has 1 atom stereocenters. The standard InChI is InChI=1S/C13H20N2O3S/c1-19(17,18)12-4-2-11(3-5-12)13(10-16)15-8-6-14-7-9-15/h2-5,13-14,16H,6-10H2,1H3/t13-/m1/s1. The lowest BCUT2D eigenvalue weighted by molar-refractivity contribution is 0.111. The van der Waals surface area contributed by atoms with E-state index in [1.54, 1.807) is 24.3 Å². The van der Waals surface area contributed by atoms with Crippen LogP contribution in [0.2, 0.25) is 0 Å². The van der Waals surface area contributed by atoms with E-state index in [9.17, 15) is 13.5 Å². The molecular weight excluding hydrogens is 264 g/mol. The molecule has 1 heterocycles. The lowest BCUT2D eigenvalue weighted by Crippen LogP contribution is -2.46. The van der Waals surface area contributed by atoms with E-state index in [0.717, 1.165) is 31.7 Å². The van der Waals surface area contributed by atoms with Crippen molar-refractivity contribution in [3.05, 3.63) is 29.8 Å². The Morgan fingerprint density at radius 2 is 1.84 bits per heavy atom. The summed E-state index contributed by atoms with van der Waals surface area (Å²) in [6.07, 6.45) is 1.20. The van der Waals surface area contributed by atoms with Gasteiger partial charge in [-0.25, -0.2) is 8.42 Å². The predicted molar refractivity (Wildman–Crippen MR) is 73.8 cm³/mol. The number of piperazine rings is 1. The van der Waals surface area contributed by atoms with Gasteiger partial charge in [-0.3, -0.25) is 4.90 Å². The molecule has 0 saturated carbocycles. The van der Waals surface area contributed by atoms with Crippen molar-refractivity contribution >= 4 is 9.84 Å². The molecule has 106 valence electrons. The highest BCUT2D eigenvalue weighted by molar-refractivity contribution is 7.90. The van der Waals surface area contributed by atoms with Gasteiger partial charge in [-0.05, 0) is 17.7 Å². The molecule has 1 saturated heterocycles. The molecule has 1 aromatic carbocycles. The SMILES string of the molecule is CS(=O)(=O)c1ccc([C@@H](CO)N2CCNCC2)cc1. The minimum atomic E-state index is -3.16. The molecule has 0 bridgehead atoms. The fourth-order valence-corrected chi connectivity index (χ4v) is 2.99. The highest BCUT2D eigenvalue weighted by atomic mass is 32.2. The van der Waals surface area contributed by atoms with Gasteiger partial charge in [-0.2, -0.15) is 0 Å². The van der Waals surface area contributed by atoms with Gasteiger partial charge >= 0.3 is 0 Å². The molecule has 1 aliphatic rings. The number of benzene rings is 1. The van der Waals surface area contributed by atoms with Crippen molar-refractivity contribution in [2.75, 3.05) is 39.0 Å². The molecule has 0 spiro atoms. The number of aliphatic hydroxyl groups excluding tert-OH is 1. The Morgan fingerprint density at radius 3 is 2.32 bits per heavy atom. The number of rotatable bonds is 4. The maximum Gasteiger partial charge on any atom is 0.175 e. The van der Waals surface area contributed by atoms with Gasteiger partial charge in [0.05, 0.1) is 17.5 Å². The first kappa shape index (κ1) is 14.5. The Balaban J connectivity index is 2.19. The van der Waals surface area contributed by atoms with Crippen LogP contribution in [0.1, 0.15) is 11.6 Å². The zero-order valence-electron chi connectivity index (χ0n) is 11.0. The Labute approximate surface area is 114 Å². The van der Waals surface area contributed by atoms with E-state index in [4.69, 9.17) is 0 Å². The topological polar surface area (TPSA) is 69.6 Å². The van der Waals surface area contributed by atoms with Crippen LogP contribution in [-0.2, 0) is 9.84 Å². The van der Waals surface area contributed by atoms with E-state index in [-0.39, 0.29) is 12.6 Å². The van der Waals surface area contributed by atoms with Gasteiger partial charge in [-0.15, -0.1) is 0 Å². The van der Waals surface area contributed by atoms with Crippen molar-refractivity contribution in [3.8, 4) is 0 Å². The van der Waals surface area contributed by atoms with Crippen molar-refractivity contribution in [2.24, 2.45) is 0 Å². The Hall–Kier alpha value is -0.950. The molecule has 19 heavy (non-hydrogen) atoms. The second-order valence-corrected chi connectivity index (χ2v) is 6.84. The quantitative estimate of drug-likeness (QED) is 0.816. The minimum Gasteiger partial charge on any atom is -0.394 e. The van der Waals surface area contributed by atoms with Gasteiger partial charge in [0.1, 0.15) is 0 Å². The van der Waals surface area contributed by atoms with Gasteiger partial charge in [0.2, 0.25) is 0 Å². The van der Waals surface area contributed by atoms with Gasteiger partial charge in [0.25, 0.3) is 0 Å². The zero-order chi connectivity index (χ0) is 13.9. The molecule has 0 amide bonds. The average molecular weight is 284 g/mol. The van der Waals surface area contributed by atoms with E-state index in [2.05, 4.69) is 10.2 Å². The largest absolute Gasteiger partial charge is 0.394 e. The third kappa shape index (κ3) is 3.54. The maximum atomic E-state index is 11.4. The first-order chi connectivity index (χ1) is 9.02. The molecule has 0 unspecified atom stereocenters. The smallest absolute Gasteiger partial charge is 0.175 e. The summed E-state index contributed by atoms with van der Waals surface area (Å²) in [5.74, 6) is 0. The first-order valence-corrected chi connectivity index (χ1v) is 8.27. The fraction of sp³-hybridized carbons (Fsp3) is 0.538. The molecule has 1 fully saturated rings. The Morgan fingerprint density at radius 1 is 1.26 bits per heavy atom. The second kappa shape index (κ2) is 6.00. The lowest BCUT2D eigenvalue weighted by atomic mass is 10.1. The van der Waals surface area contributed by atoms with Crippen LogP contribution in [0.15, 0.2) is 29.2 Å². The van der Waals surface area contributed by atoms with Crippen LogP contribution in [0.4, 0.5) is 0 Å². The maximum absolute atomic E-state index is 11.4. The molecule has 2 rings (SSSR count). The van der Waals surface area contributed by atoms with E-state index in [0.29, 0.717) is 4.90 Å². The molecule has 1 aliphatic heterocycles. The van der Waals surface area contributed by atoms with E-state index < -0.39 is 9.84 Å². The lowest BCUT2D eigenvalue weighted by Gasteiger charge is -2.34. The van der Waals surface area contributed by atoms with Crippen molar-refractivity contribution < 1.29 is 13.5 Å². The fourth-order valence-electron chi connectivity index (χ4n) is 2.36. The number of nitrogens with zero attached hydrogens (tertiary/aromatic N) is 1. The summed E-state index contributed by atoms with van der Waals surface area (Å²) in [5.41, 5.74) is 0.955. The highest BCUT2D eigenvalue weighted by Gasteiger charge is 2.21. The van der Waals surface area contributed by atoms with Crippen LogP contribution >= 0.6 is 0 Å². The van der Waals surface area contributed by atoms with Crippen LogP contribution in [0.5, 0.6) is 0 Å². The molecule has 1 aromatic rings. The molecule has 5 nitrogen and oxygen atoms in total. The van der Waals surface area contributed by atoms with Crippen LogP contribution in [0.25, 0.3) is 0 Å². The monoisotopic (exact) mass is 284 g/mol. The van der Waals surface area contributed by atoms with Crippen LogP contribution in [-0.4, -0.2) is 57.5 Å². The third-order valence-electron chi connectivity index (χ3n) is 3.46. The molecule has 6 heteroatoms. The number of hydrogen-bond acceptors (Lipinski definition) is 5. The van der Waals surface area contributed by atoms with Gasteiger partial charge in [0.15, 0.2) is 9.84 Å². The minimum absolute atomic E-state index is 0.0399. The van der Waals surface area contributed by atoms with Crippen LogP contribution < -0.4 is 5.32 Å². The van der Waals surface area contributed by atoms with Crippen molar-refractivity contribution in [1.82, 2.24) is 10.2 Å². The van der Waals surface area contributed by atoms with E-state index >= 15 is 0 Å². The van der Waals surface area contributed by atoms with E-state index in [1.165, 1.54) is 6.26 Å².